The Morgan fingerprint density at radius 2 is 2.06 bits per heavy atom. The largest absolute Gasteiger partial charge is 0.477 e. The summed E-state index contributed by atoms with van der Waals surface area (Å²) in [6.45, 7) is 0. The SMILES string of the molecule is Cn1cnc(CCc2ccncc2)c1C(=O)O. The van der Waals surface area contributed by atoms with E-state index in [1.165, 1.54) is 10.9 Å². The second-order valence-electron chi connectivity index (χ2n) is 3.81. The molecule has 0 aromatic carbocycles. The van der Waals surface area contributed by atoms with Crippen LogP contribution in [-0.2, 0) is 19.9 Å². The fraction of sp³-hybridized carbons (Fsp3) is 0.250. The lowest BCUT2D eigenvalue weighted by atomic mass is 10.1. The van der Waals surface area contributed by atoms with Gasteiger partial charge in [0.25, 0.3) is 0 Å². The number of hydrogen-bond donors (Lipinski definition) is 1. The minimum absolute atomic E-state index is 0.263. The molecule has 0 bridgehead atoms. The number of aromatic nitrogens is 3. The highest BCUT2D eigenvalue weighted by Gasteiger charge is 2.15. The third kappa shape index (κ3) is 2.50. The summed E-state index contributed by atoms with van der Waals surface area (Å²) in [7, 11) is 1.69. The minimum Gasteiger partial charge on any atom is -0.477 e. The maximum atomic E-state index is 11.0. The summed E-state index contributed by atoms with van der Waals surface area (Å²) in [5.41, 5.74) is 2.01. The molecule has 0 spiro atoms. The van der Waals surface area contributed by atoms with Gasteiger partial charge in [-0.25, -0.2) is 9.78 Å². The van der Waals surface area contributed by atoms with E-state index in [1.54, 1.807) is 19.4 Å². The van der Waals surface area contributed by atoms with Crippen LogP contribution in [0.25, 0.3) is 0 Å². The summed E-state index contributed by atoms with van der Waals surface area (Å²) in [4.78, 5) is 19.1. The highest BCUT2D eigenvalue weighted by atomic mass is 16.4. The minimum atomic E-state index is -0.935. The van der Waals surface area contributed by atoms with Crippen LogP contribution < -0.4 is 0 Å². The maximum absolute atomic E-state index is 11.0. The number of carboxylic acids is 1. The zero-order chi connectivity index (χ0) is 12.3. The van der Waals surface area contributed by atoms with Gasteiger partial charge in [-0.1, -0.05) is 0 Å². The van der Waals surface area contributed by atoms with Crippen LogP contribution in [0.15, 0.2) is 30.9 Å². The topological polar surface area (TPSA) is 68.0 Å². The lowest BCUT2D eigenvalue weighted by Crippen LogP contribution is -2.08. The number of imidazole rings is 1. The molecule has 0 atom stereocenters. The van der Waals surface area contributed by atoms with Gasteiger partial charge in [-0.2, -0.15) is 0 Å². The van der Waals surface area contributed by atoms with Crippen molar-refractivity contribution in [3.63, 3.8) is 0 Å². The molecule has 0 aliphatic carbocycles. The van der Waals surface area contributed by atoms with Crippen LogP contribution in [0.3, 0.4) is 0 Å². The van der Waals surface area contributed by atoms with Crippen molar-refractivity contribution < 1.29 is 9.90 Å². The third-order valence-corrected chi connectivity index (χ3v) is 2.62. The molecule has 5 heteroatoms. The van der Waals surface area contributed by atoms with E-state index in [4.69, 9.17) is 5.11 Å². The Bertz CT molecular complexity index is 520. The average molecular weight is 231 g/mol. The standard InChI is InChI=1S/C12H13N3O2/c1-15-8-14-10(11(15)12(16)17)3-2-9-4-6-13-7-5-9/h4-8H,2-3H2,1H3,(H,16,17). The highest BCUT2D eigenvalue weighted by molar-refractivity contribution is 5.87. The van der Waals surface area contributed by atoms with Crippen LogP contribution in [0.1, 0.15) is 21.7 Å². The first kappa shape index (κ1) is 11.3. The average Bonchev–Trinajstić information content (AvgIpc) is 2.69. The normalized spacial score (nSPS) is 10.4. The van der Waals surface area contributed by atoms with Crippen LogP contribution >= 0.6 is 0 Å². The van der Waals surface area contributed by atoms with Crippen molar-refractivity contribution in [1.82, 2.24) is 14.5 Å². The Morgan fingerprint density at radius 1 is 1.35 bits per heavy atom. The van der Waals surface area contributed by atoms with Crippen molar-refractivity contribution >= 4 is 5.97 Å². The molecule has 88 valence electrons. The Morgan fingerprint density at radius 3 is 2.71 bits per heavy atom. The van der Waals surface area contributed by atoms with E-state index in [2.05, 4.69) is 9.97 Å². The van der Waals surface area contributed by atoms with Gasteiger partial charge in [0.15, 0.2) is 0 Å². The number of aromatic carboxylic acids is 1. The van der Waals surface area contributed by atoms with E-state index in [9.17, 15) is 4.79 Å². The van der Waals surface area contributed by atoms with E-state index in [-0.39, 0.29) is 5.69 Å². The number of rotatable bonds is 4. The quantitative estimate of drug-likeness (QED) is 0.861. The van der Waals surface area contributed by atoms with Crippen LogP contribution in [0.2, 0.25) is 0 Å². The molecule has 0 saturated carbocycles. The van der Waals surface area contributed by atoms with Gasteiger partial charge in [-0.15, -0.1) is 0 Å². The van der Waals surface area contributed by atoms with Crippen molar-refractivity contribution in [2.45, 2.75) is 12.8 Å². The summed E-state index contributed by atoms with van der Waals surface area (Å²) in [6.07, 6.45) is 6.37. The van der Waals surface area contributed by atoms with Gasteiger partial charge in [0.1, 0.15) is 5.69 Å². The lowest BCUT2D eigenvalue weighted by molar-refractivity contribution is 0.0685. The smallest absolute Gasteiger partial charge is 0.354 e. The molecular weight excluding hydrogens is 218 g/mol. The van der Waals surface area contributed by atoms with Crippen molar-refractivity contribution in [2.24, 2.45) is 7.05 Å². The molecule has 0 saturated heterocycles. The number of carbonyl (C=O) groups is 1. The van der Waals surface area contributed by atoms with E-state index in [0.29, 0.717) is 12.1 Å². The molecule has 1 N–H and O–H groups in total. The number of pyridine rings is 1. The van der Waals surface area contributed by atoms with Crippen molar-refractivity contribution in [3.8, 4) is 0 Å². The summed E-state index contributed by atoms with van der Waals surface area (Å²) in [5, 5.41) is 9.06. The molecule has 0 fully saturated rings. The Labute approximate surface area is 98.8 Å². The van der Waals surface area contributed by atoms with Crippen LogP contribution in [0.5, 0.6) is 0 Å². The Kier molecular flexibility index (Phi) is 3.18. The van der Waals surface area contributed by atoms with Gasteiger partial charge in [-0.3, -0.25) is 4.98 Å². The van der Waals surface area contributed by atoms with Gasteiger partial charge in [0.05, 0.1) is 12.0 Å². The molecule has 5 nitrogen and oxygen atoms in total. The van der Waals surface area contributed by atoms with Crippen LogP contribution in [0, 0.1) is 0 Å². The van der Waals surface area contributed by atoms with Crippen LogP contribution in [-0.4, -0.2) is 25.6 Å². The molecule has 17 heavy (non-hydrogen) atoms. The zero-order valence-electron chi connectivity index (χ0n) is 9.50. The number of aryl methyl sites for hydroxylation is 3. The second-order valence-corrected chi connectivity index (χ2v) is 3.81. The molecule has 0 unspecified atom stereocenters. The Hall–Kier alpha value is -2.17. The van der Waals surface area contributed by atoms with Gasteiger partial charge in [0.2, 0.25) is 0 Å². The Balaban J connectivity index is 2.12. The molecule has 2 aromatic rings. The first-order chi connectivity index (χ1) is 8.18. The van der Waals surface area contributed by atoms with Gasteiger partial charge < -0.3 is 9.67 Å². The van der Waals surface area contributed by atoms with Crippen LogP contribution in [0.4, 0.5) is 0 Å². The first-order valence-electron chi connectivity index (χ1n) is 5.31. The van der Waals surface area contributed by atoms with E-state index >= 15 is 0 Å². The lowest BCUT2D eigenvalue weighted by Gasteiger charge is -2.01. The fourth-order valence-electron chi connectivity index (χ4n) is 1.75. The van der Waals surface area contributed by atoms with E-state index < -0.39 is 5.97 Å². The molecular formula is C12H13N3O2. The molecule has 2 aromatic heterocycles. The first-order valence-corrected chi connectivity index (χ1v) is 5.31. The van der Waals surface area contributed by atoms with Crippen molar-refractivity contribution in [1.29, 1.82) is 0 Å². The second kappa shape index (κ2) is 4.78. The molecule has 0 aliphatic rings. The zero-order valence-corrected chi connectivity index (χ0v) is 9.50. The molecule has 0 aliphatic heterocycles. The monoisotopic (exact) mass is 231 g/mol. The molecule has 2 heterocycles. The van der Waals surface area contributed by atoms with E-state index in [1.807, 2.05) is 12.1 Å². The summed E-state index contributed by atoms with van der Waals surface area (Å²) < 4.78 is 1.53. The predicted octanol–water partition coefficient (Wildman–Crippen LogP) is 1.30. The van der Waals surface area contributed by atoms with Crippen molar-refractivity contribution in [2.75, 3.05) is 0 Å². The maximum Gasteiger partial charge on any atom is 0.354 e. The molecule has 0 radical (unpaired) electrons. The van der Waals surface area contributed by atoms with Gasteiger partial charge >= 0.3 is 5.97 Å². The summed E-state index contributed by atoms with van der Waals surface area (Å²) in [6, 6.07) is 3.84. The predicted molar refractivity (Wildman–Crippen MR) is 61.8 cm³/mol. The molecule has 2 rings (SSSR count). The fourth-order valence-corrected chi connectivity index (χ4v) is 1.75. The third-order valence-electron chi connectivity index (χ3n) is 2.62. The number of hydrogen-bond acceptors (Lipinski definition) is 3. The summed E-state index contributed by atoms with van der Waals surface area (Å²) >= 11 is 0. The summed E-state index contributed by atoms with van der Waals surface area (Å²) in [5.74, 6) is -0.935. The van der Waals surface area contributed by atoms with Gasteiger partial charge in [0, 0.05) is 19.4 Å². The molecule has 0 amide bonds. The number of carboxylic acid groups (broad SMARTS) is 1. The number of nitrogens with zero attached hydrogens (tertiary/aromatic N) is 3. The van der Waals surface area contributed by atoms with Gasteiger partial charge in [-0.05, 0) is 30.5 Å². The van der Waals surface area contributed by atoms with Crippen molar-refractivity contribution in [3.05, 3.63) is 47.8 Å². The highest BCUT2D eigenvalue weighted by Crippen LogP contribution is 2.10. The van der Waals surface area contributed by atoms with E-state index in [0.717, 1.165) is 12.0 Å².